The number of anilines is 1. The van der Waals surface area contributed by atoms with Crippen LogP contribution in [0, 0.1) is 0 Å². The highest BCUT2D eigenvalue weighted by atomic mass is 32.2. The molecule has 4 aromatic rings. The summed E-state index contributed by atoms with van der Waals surface area (Å²) in [4.78, 5) is 32.2. The average molecular weight is 458 g/mol. The molecule has 1 aromatic carbocycles. The molecular formula is C21H19N3O3S3. The lowest BCUT2D eigenvalue weighted by atomic mass is 10.2. The van der Waals surface area contributed by atoms with E-state index in [0.29, 0.717) is 26.8 Å². The van der Waals surface area contributed by atoms with E-state index in [1.54, 1.807) is 44.6 Å². The Labute approximate surface area is 185 Å². The van der Waals surface area contributed by atoms with Gasteiger partial charge in [0.15, 0.2) is 5.16 Å². The molecule has 0 bridgehead atoms. The van der Waals surface area contributed by atoms with Gasteiger partial charge in [0, 0.05) is 22.9 Å². The van der Waals surface area contributed by atoms with Gasteiger partial charge in [-0.2, -0.15) is 0 Å². The molecule has 30 heavy (non-hydrogen) atoms. The first-order valence-electron chi connectivity index (χ1n) is 9.12. The quantitative estimate of drug-likeness (QED) is 0.331. The van der Waals surface area contributed by atoms with Crippen LogP contribution in [0.1, 0.15) is 6.92 Å². The molecule has 0 saturated carbocycles. The number of benzene rings is 1. The lowest BCUT2D eigenvalue weighted by Crippen LogP contribution is -2.25. The van der Waals surface area contributed by atoms with Crippen molar-refractivity contribution in [1.29, 1.82) is 0 Å². The molecule has 9 heteroatoms. The van der Waals surface area contributed by atoms with E-state index >= 15 is 0 Å². The summed E-state index contributed by atoms with van der Waals surface area (Å²) < 4.78 is 6.80. The summed E-state index contributed by atoms with van der Waals surface area (Å²) in [6.07, 6.45) is 0. The maximum atomic E-state index is 13.1. The molecule has 3 aromatic heterocycles. The largest absolute Gasteiger partial charge is 0.495 e. The topological polar surface area (TPSA) is 73.2 Å². The number of nitrogens with one attached hydrogen (secondary N) is 1. The number of amides is 1. The van der Waals surface area contributed by atoms with E-state index in [1.807, 2.05) is 35.0 Å². The molecular weight excluding hydrogens is 438 g/mol. The zero-order valence-corrected chi connectivity index (χ0v) is 19.0. The number of thioether (sulfide) groups is 1. The number of nitrogens with zero attached hydrogens (tertiary/aromatic N) is 2. The van der Waals surface area contributed by atoms with Gasteiger partial charge >= 0.3 is 0 Å². The third-order valence-electron chi connectivity index (χ3n) is 4.58. The first kappa shape index (κ1) is 20.6. The number of carbonyl (C=O) groups excluding carboxylic acids is 1. The minimum absolute atomic E-state index is 0.107. The Hall–Kier alpha value is -2.62. The Morgan fingerprint density at radius 1 is 1.23 bits per heavy atom. The van der Waals surface area contributed by atoms with Crippen molar-refractivity contribution >= 4 is 56.2 Å². The van der Waals surface area contributed by atoms with Crippen molar-refractivity contribution in [2.75, 3.05) is 12.4 Å². The van der Waals surface area contributed by atoms with Crippen LogP contribution in [-0.4, -0.2) is 27.8 Å². The molecule has 0 aliphatic carbocycles. The number of aromatic nitrogens is 2. The van der Waals surface area contributed by atoms with Crippen molar-refractivity contribution in [3.63, 3.8) is 0 Å². The van der Waals surface area contributed by atoms with Gasteiger partial charge in [0.25, 0.3) is 5.56 Å². The number of carbonyl (C=O) groups is 1. The Morgan fingerprint density at radius 3 is 2.77 bits per heavy atom. The highest BCUT2D eigenvalue weighted by Crippen LogP contribution is 2.35. The molecule has 1 amide bonds. The fourth-order valence-corrected chi connectivity index (χ4v) is 5.64. The van der Waals surface area contributed by atoms with Gasteiger partial charge in [-0.15, -0.1) is 22.7 Å². The second-order valence-electron chi connectivity index (χ2n) is 6.51. The molecule has 3 heterocycles. The molecule has 1 unspecified atom stereocenters. The molecule has 0 saturated heterocycles. The van der Waals surface area contributed by atoms with Gasteiger partial charge in [0.2, 0.25) is 5.91 Å². The number of methoxy groups -OCH3 is 1. The lowest BCUT2D eigenvalue weighted by Gasteiger charge is -2.15. The van der Waals surface area contributed by atoms with Gasteiger partial charge < -0.3 is 10.1 Å². The summed E-state index contributed by atoms with van der Waals surface area (Å²) in [6, 6.07) is 11.2. The normalized spacial score (nSPS) is 12.1. The van der Waals surface area contributed by atoms with E-state index in [9.17, 15) is 9.59 Å². The summed E-state index contributed by atoms with van der Waals surface area (Å²) in [5.74, 6) is 0.402. The van der Waals surface area contributed by atoms with Gasteiger partial charge in [0.1, 0.15) is 10.6 Å². The number of rotatable bonds is 6. The minimum Gasteiger partial charge on any atom is -0.495 e. The highest BCUT2D eigenvalue weighted by Gasteiger charge is 2.21. The Morgan fingerprint density at radius 2 is 2.03 bits per heavy atom. The monoisotopic (exact) mass is 457 g/mol. The number of ether oxygens (including phenoxy) is 1. The van der Waals surface area contributed by atoms with Crippen LogP contribution in [0.3, 0.4) is 0 Å². The summed E-state index contributed by atoms with van der Waals surface area (Å²) in [7, 11) is 3.25. The van der Waals surface area contributed by atoms with Crippen molar-refractivity contribution in [2.24, 2.45) is 7.05 Å². The maximum absolute atomic E-state index is 13.1. The van der Waals surface area contributed by atoms with E-state index in [1.165, 1.54) is 27.7 Å². The SMILES string of the molecule is COc1ccccc1NC(=O)C(C)Sc1nc2scc(-c3cccs3)c2c(=O)n1C. The second-order valence-corrected chi connectivity index (χ2v) is 9.63. The summed E-state index contributed by atoms with van der Waals surface area (Å²) in [5, 5.41) is 7.52. The van der Waals surface area contributed by atoms with Crippen LogP contribution < -0.4 is 15.6 Å². The molecule has 0 spiro atoms. The van der Waals surface area contributed by atoms with Crippen LogP contribution in [0.5, 0.6) is 5.75 Å². The summed E-state index contributed by atoms with van der Waals surface area (Å²) >= 11 is 4.29. The predicted octanol–water partition coefficient (Wildman–Crippen LogP) is 4.85. The molecule has 1 atom stereocenters. The number of fused-ring (bicyclic) bond motifs is 1. The lowest BCUT2D eigenvalue weighted by molar-refractivity contribution is -0.115. The van der Waals surface area contributed by atoms with Gasteiger partial charge in [-0.1, -0.05) is 30.0 Å². The third-order valence-corrected chi connectivity index (χ3v) is 7.50. The van der Waals surface area contributed by atoms with Crippen molar-refractivity contribution in [3.8, 4) is 16.2 Å². The standard InChI is InChI=1S/C21H19N3O3S3/c1-12(18(25)22-14-7-4-5-8-15(14)27-3)30-21-23-19-17(20(26)24(21)2)13(11-29-19)16-9-6-10-28-16/h4-12H,1-3H3,(H,22,25). The fraction of sp³-hybridized carbons (Fsp3) is 0.190. The van der Waals surface area contributed by atoms with E-state index in [2.05, 4.69) is 10.3 Å². The average Bonchev–Trinajstić information content (AvgIpc) is 3.41. The van der Waals surface area contributed by atoms with Crippen molar-refractivity contribution < 1.29 is 9.53 Å². The zero-order chi connectivity index (χ0) is 21.3. The van der Waals surface area contributed by atoms with Crippen LogP contribution in [0.4, 0.5) is 5.69 Å². The molecule has 4 rings (SSSR count). The second kappa shape index (κ2) is 8.63. The van der Waals surface area contributed by atoms with Crippen molar-refractivity contribution in [2.45, 2.75) is 17.3 Å². The van der Waals surface area contributed by atoms with Crippen LogP contribution in [0.2, 0.25) is 0 Å². The first-order valence-corrected chi connectivity index (χ1v) is 11.8. The van der Waals surface area contributed by atoms with E-state index in [0.717, 1.165) is 10.4 Å². The molecule has 1 N–H and O–H groups in total. The molecule has 0 radical (unpaired) electrons. The molecule has 6 nitrogen and oxygen atoms in total. The van der Waals surface area contributed by atoms with Crippen molar-refractivity contribution in [3.05, 3.63) is 57.5 Å². The number of hydrogen-bond acceptors (Lipinski definition) is 7. The number of hydrogen-bond donors (Lipinski definition) is 1. The summed E-state index contributed by atoms with van der Waals surface area (Å²) in [6.45, 7) is 1.79. The number of para-hydroxylation sites is 2. The minimum atomic E-state index is -0.456. The van der Waals surface area contributed by atoms with E-state index in [-0.39, 0.29) is 11.5 Å². The molecule has 0 aliphatic rings. The third kappa shape index (κ3) is 3.88. The molecule has 154 valence electrons. The van der Waals surface area contributed by atoms with Gasteiger partial charge in [0.05, 0.1) is 23.4 Å². The zero-order valence-electron chi connectivity index (χ0n) is 16.5. The van der Waals surface area contributed by atoms with Gasteiger partial charge in [-0.05, 0) is 30.5 Å². The first-order chi connectivity index (χ1) is 14.5. The van der Waals surface area contributed by atoms with E-state index < -0.39 is 5.25 Å². The maximum Gasteiger partial charge on any atom is 0.263 e. The van der Waals surface area contributed by atoms with Crippen LogP contribution in [0.25, 0.3) is 20.7 Å². The molecule has 0 aliphatic heterocycles. The fourth-order valence-electron chi connectivity index (χ4n) is 2.97. The Balaban J connectivity index is 1.60. The van der Waals surface area contributed by atoms with Gasteiger partial charge in [-0.25, -0.2) is 4.98 Å². The van der Waals surface area contributed by atoms with Crippen LogP contribution in [-0.2, 0) is 11.8 Å². The smallest absolute Gasteiger partial charge is 0.263 e. The van der Waals surface area contributed by atoms with Crippen molar-refractivity contribution in [1.82, 2.24) is 9.55 Å². The Kier molecular flexibility index (Phi) is 5.94. The van der Waals surface area contributed by atoms with Gasteiger partial charge in [-0.3, -0.25) is 14.2 Å². The van der Waals surface area contributed by atoms with Crippen LogP contribution >= 0.6 is 34.4 Å². The summed E-state index contributed by atoms with van der Waals surface area (Å²) in [5.41, 5.74) is 1.41. The number of thiophene rings is 2. The van der Waals surface area contributed by atoms with E-state index in [4.69, 9.17) is 4.74 Å². The highest BCUT2D eigenvalue weighted by molar-refractivity contribution is 8.00. The predicted molar refractivity (Wildman–Crippen MR) is 125 cm³/mol. The van der Waals surface area contributed by atoms with Crippen LogP contribution in [0.15, 0.2) is 57.1 Å². The molecule has 0 fully saturated rings. The Bertz CT molecular complexity index is 1260.